The summed E-state index contributed by atoms with van der Waals surface area (Å²) in [5, 5.41) is 0. The number of ether oxygens (including phenoxy) is 2. The van der Waals surface area contributed by atoms with Gasteiger partial charge in [0.05, 0.1) is 13.2 Å². The number of carbonyl (C=O) groups excluding carboxylic acids is 1. The molecule has 130 valence electrons. The highest BCUT2D eigenvalue weighted by atomic mass is 16.7. The van der Waals surface area contributed by atoms with Gasteiger partial charge in [0.15, 0.2) is 11.6 Å². The van der Waals surface area contributed by atoms with Crippen molar-refractivity contribution in [1.29, 1.82) is 0 Å². The van der Waals surface area contributed by atoms with Crippen molar-refractivity contribution in [3.63, 3.8) is 0 Å². The quantitative estimate of drug-likeness (QED) is 0.626. The van der Waals surface area contributed by atoms with E-state index in [2.05, 4.69) is 19.9 Å². The Bertz CT molecular complexity index is 654. The van der Waals surface area contributed by atoms with E-state index in [1.807, 2.05) is 6.08 Å². The third-order valence-corrected chi connectivity index (χ3v) is 8.14. The Balaban J connectivity index is 1.56. The fourth-order valence-electron chi connectivity index (χ4n) is 6.74. The second kappa shape index (κ2) is 4.82. The molecule has 3 heteroatoms. The number of allylic oxidation sites excluding steroid dienone is 4. The first-order chi connectivity index (χ1) is 11.5. The molecule has 0 bridgehead atoms. The van der Waals surface area contributed by atoms with Gasteiger partial charge in [0, 0.05) is 23.7 Å². The monoisotopic (exact) mass is 328 g/mol. The van der Waals surface area contributed by atoms with E-state index >= 15 is 0 Å². The SMILES string of the molecule is C[C@]12CCC(=O)C=C1CC[C@@H]1C2=CC[C@@]2(C)[C@H]1CCC21OCCO1. The van der Waals surface area contributed by atoms with Crippen molar-refractivity contribution in [2.24, 2.45) is 22.7 Å². The summed E-state index contributed by atoms with van der Waals surface area (Å²) >= 11 is 0. The largest absolute Gasteiger partial charge is 0.347 e. The maximum Gasteiger partial charge on any atom is 0.174 e. The Morgan fingerprint density at radius 3 is 2.67 bits per heavy atom. The van der Waals surface area contributed by atoms with E-state index in [-0.39, 0.29) is 16.6 Å². The highest BCUT2D eigenvalue weighted by molar-refractivity contribution is 5.92. The number of ketones is 1. The van der Waals surface area contributed by atoms with Crippen LogP contribution in [0.2, 0.25) is 0 Å². The third-order valence-electron chi connectivity index (χ3n) is 8.14. The number of hydrogen-bond donors (Lipinski definition) is 0. The van der Waals surface area contributed by atoms with Crippen molar-refractivity contribution >= 4 is 5.78 Å². The zero-order valence-corrected chi connectivity index (χ0v) is 14.9. The van der Waals surface area contributed by atoms with E-state index in [9.17, 15) is 4.79 Å². The first-order valence-corrected chi connectivity index (χ1v) is 9.71. The van der Waals surface area contributed by atoms with Crippen molar-refractivity contribution in [1.82, 2.24) is 0 Å². The minimum Gasteiger partial charge on any atom is -0.347 e. The Morgan fingerprint density at radius 1 is 1.08 bits per heavy atom. The van der Waals surface area contributed by atoms with Gasteiger partial charge in [-0.25, -0.2) is 0 Å². The lowest BCUT2D eigenvalue weighted by Gasteiger charge is -2.54. The first kappa shape index (κ1) is 15.3. The van der Waals surface area contributed by atoms with Crippen LogP contribution in [0.15, 0.2) is 23.3 Å². The third kappa shape index (κ3) is 1.73. The lowest BCUT2D eigenvalue weighted by Crippen LogP contribution is -2.51. The van der Waals surface area contributed by atoms with E-state index in [4.69, 9.17) is 9.47 Å². The highest BCUT2D eigenvalue weighted by Gasteiger charge is 2.64. The summed E-state index contributed by atoms with van der Waals surface area (Å²) < 4.78 is 12.4. The second-order valence-corrected chi connectivity index (χ2v) is 8.99. The van der Waals surface area contributed by atoms with Crippen molar-refractivity contribution in [2.45, 2.75) is 64.6 Å². The molecular weight excluding hydrogens is 300 g/mol. The predicted octanol–water partition coefficient (Wildman–Crippen LogP) is 4.18. The molecule has 0 aromatic carbocycles. The lowest BCUT2D eigenvalue weighted by atomic mass is 9.51. The fourth-order valence-corrected chi connectivity index (χ4v) is 6.74. The molecular formula is C21H28O3. The van der Waals surface area contributed by atoms with Gasteiger partial charge in [0.1, 0.15) is 0 Å². The van der Waals surface area contributed by atoms with Crippen LogP contribution in [-0.2, 0) is 14.3 Å². The Morgan fingerprint density at radius 2 is 1.88 bits per heavy atom. The highest BCUT2D eigenvalue weighted by Crippen LogP contribution is 2.66. The number of carbonyl (C=O) groups is 1. The summed E-state index contributed by atoms with van der Waals surface area (Å²) in [5.74, 6) is 1.30. The molecule has 2 saturated carbocycles. The van der Waals surface area contributed by atoms with Crippen molar-refractivity contribution < 1.29 is 14.3 Å². The van der Waals surface area contributed by atoms with Crippen LogP contribution in [-0.4, -0.2) is 24.8 Å². The molecule has 5 aliphatic rings. The summed E-state index contributed by atoms with van der Waals surface area (Å²) in [6.45, 7) is 6.28. The van der Waals surface area contributed by atoms with Crippen LogP contribution < -0.4 is 0 Å². The Kier molecular flexibility index (Phi) is 3.08. The van der Waals surface area contributed by atoms with Gasteiger partial charge in [0.2, 0.25) is 0 Å². The van der Waals surface area contributed by atoms with E-state index in [1.54, 1.807) is 5.57 Å². The van der Waals surface area contributed by atoms with Crippen LogP contribution in [0.25, 0.3) is 0 Å². The lowest BCUT2D eigenvalue weighted by molar-refractivity contribution is -0.228. The standard InChI is InChI=1S/C21H28O3/c1-19-8-5-15(22)13-14(19)3-4-16-17(19)6-9-20(2)18(16)7-10-21(20)23-11-12-24-21/h6,13,16,18H,3-5,7-12H2,1-2H3/t16-,18+,19+,20+/m1/s1. The topological polar surface area (TPSA) is 35.5 Å². The number of hydrogen-bond acceptors (Lipinski definition) is 3. The molecule has 4 atom stereocenters. The van der Waals surface area contributed by atoms with Gasteiger partial charge < -0.3 is 9.47 Å². The summed E-state index contributed by atoms with van der Waals surface area (Å²) in [6.07, 6.45) is 11.8. The minimum atomic E-state index is -0.334. The summed E-state index contributed by atoms with van der Waals surface area (Å²) in [5.41, 5.74) is 3.27. The average molecular weight is 328 g/mol. The predicted molar refractivity (Wildman–Crippen MR) is 91.3 cm³/mol. The molecule has 3 fully saturated rings. The molecule has 0 unspecified atom stereocenters. The molecule has 1 heterocycles. The molecule has 0 aromatic rings. The Labute approximate surface area is 144 Å². The van der Waals surface area contributed by atoms with Crippen LogP contribution in [0.5, 0.6) is 0 Å². The van der Waals surface area contributed by atoms with Crippen LogP contribution in [0, 0.1) is 22.7 Å². The minimum absolute atomic E-state index is 0.111. The number of rotatable bonds is 0. The van der Waals surface area contributed by atoms with Crippen LogP contribution in [0.3, 0.4) is 0 Å². The summed E-state index contributed by atoms with van der Waals surface area (Å²) in [4.78, 5) is 11.9. The zero-order valence-electron chi connectivity index (χ0n) is 14.9. The molecule has 0 aromatic heterocycles. The van der Waals surface area contributed by atoms with Gasteiger partial charge in [-0.3, -0.25) is 4.79 Å². The maximum atomic E-state index is 11.9. The molecule has 1 saturated heterocycles. The van der Waals surface area contributed by atoms with E-state index in [0.29, 0.717) is 24.0 Å². The van der Waals surface area contributed by atoms with Crippen molar-refractivity contribution in [3.05, 3.63) is 23.3 Å². The van der Waals surface area contributed by atoms with Gasteiger partial charge in [-0.15, -0.1) is 0 Å². The average Bonchev–Trinajstić information content (AvgIpc) is 3.15. The smallest absolute Gasteiger partial charge is 0.174 e. The molecule has 4 aliphatic carbocycles. The zero-order chi connectivity index (χ0) is 16.6. The first-order valence-electron chi connectivity index (χ1n) is 9.71. The molecule has 24 heavy (non-hydrogen) atoms. The summed E-state index contributed by atoms with van der Waals surface area (Å²) in [7, 11) is 0. The Hall–Kier alpha value is -0.930. The van der Waals surface area contributed by atoms with Crippen molar-refractivity contribution in [2.75, 3.05) is 13.2 Å². The molecule has 1 aliphatic heterocycles. The molecule has 3 nitrogen and oxygen atoms in total. The van der Waals surface area contributed by atoms with Crippen LogP contribution in [0.4, 0.5) is 0 Å². The maximum absolute atomic E-state index is 11.9. The van der Waals surface area contributed by atoms with E-state index in [0.717, 1.165) is 38.9 Å². The van der Waals surface area contributed by atoms with Crippen LogP contribution in [0.1, 0.15) is 58.8 Å². The van der Waals surface area contributed by atoms with Gasteiger partial charge in [-0.05, 0) is 50.0 Å². The van der Waals surface area contributed by atoms with E-state index < -0.39 is 0 Å². The number of fused-ring (bicyclic) bond motifs is 6. The normalized spacial score (nSPS) is 46.2. The van der Waals surface area contributed by atoms with Crippen molar-refractivity contribution in [3.8, 4) is 0 Å². The van der Waals surface area contributed by atoms with Gasteiger partial charge in [-0.1, -0.05) is 31.1 Å². The van der Waals surface area contributed by atoms with E-state index in [1.165, 1.54) is 18.4 Å². The second-order valence-electron chi connectivity index (χ2n) is 8.99. The van der Waals surface area contributed by atoms with Crippen LogP contribution >= 0.6 is 0 Å². The molecule has 1 spiro atoms. The van der Waals surface area contributed by atoms with Gasteiger partial charge in [0.25, 0.3) is 0 Å². The molecule has 0 amide bonds. The molecule has 0 N–H and O–H groups in total. The molecule has 5 rings (SSSR count). The van der Waals surface area contributed by atoms with Gasteiger partial charge in [-0.2, -0.15) is 0 Å². The van der Waals surface area contributed by atoms with Gasteiger partial charge >= 0.3 is 0 Å². The fraction of sp³-hybridized carbons (Fsp3) is 0.762. The molecule has 0 radical (unpaired) electrons. The summed E-state index contributed by atoms with van der Waals surface area (Å²) in [6, 6.07) is 0.